The van der Waals surface area contributed by atoms with E-state index >= 15 is 0 Å². The zero-order valence-corrected chi connectivity index (χ0v) is 16.7. The smallest absolute Gasteiger partial charge is 0.259 e. The Kier molecular flexibility index (Phi) is 5.62. The van der Waals surface area contributed by atoms with E-state index in [2.05, 4.69) is 19.9 Å². The van der Waals surface area contributed by atoms with Gasteiger partial charge in [-0.05, 0) is 43.7 Å². The third kappa shape index (κ3) is 4.17. The topological polar surface area (TPSA) is 91.7 Å². The highest BCUT2D eigenvalue weighted by Gasteiger charge is 2.43. The summed E-state index contributed by atoms with van der Waals surface area (Å²) in [4.78, 5) is 29.8. The lowest BCUT2D eigenvalue weighted by Crippen LogP contribution is -2.54. The van der Waals surface area contributed by atoms with E-state index in [9.17, 15) is 9.90 Å². The van der Waals surface area contributed by atoms with E-state index < -0.39 is 6.10 Å². The lowest BCUT2D eigenvalue weighted by molar-refractivity contribution is 0.0245. The Hall–Kier alpha value is -2.74. The van der Waals surface area contributed by atoms with Gasteiger partial charge in [-0.25, -0.2) is 9.97 Å². The second kappa shape index (κ2) is 8.32. The third-order valence-electron chi connectivity index (χ3n) is 5.89. The molecule has 154 valence electrons. The fourth-order valence-electron chi connectivity index (χ4n) is 4.50. The van der Waals surface area contributed by atoms with Crippen molar-refractivity contribution < 1.29 is 14.6 Å². The molecule has 2 saturated heterocycles. The summed E-state index contributed by atoms with van der Waals surface area (Å²) in [5.41, 5.74) is 0.485. The van der Waals surface area contributed by atoms with E-state index in [1.165, 1.54) is 0 Å². The van der Waals surface area contributed by atoms with Crippen LogP contribution < -0.4 is 9.64 Å². The number of likely N-dealkylation sites (tertiary alicyclic amines) is 1. The highest BCUT2D eigenvalue weighted by atomic mass is 16.5. The zero-order valence-electron chi connectivity index (χ0n) is 16.7. The highest BCUT2D eigenvalue weighted by molar-refractivity contribution is 5.96. The fraction of sp³-hybridized carbons (Fsp3) is 0.524. The van der Waals surface area contributed by atoms with Crippen LogP contribution in [0.2, 0.25) is 0 Å². The van der Waals surface area contributed by atoms with Gasteiger partial charge in [-0.15, -0.1) is 0 Å². The van der Waals surface area contributed by atoms with Crippen LogP contribution in [0.3, 0.4) is 0 Å². The first-order valence-electron chi connectivity index (χ1n) is 10.2. The third-order valence-corrected chi connectivity index (χ3v) is 5.89. The number of nitrogens with zero attached hydrogens (tertiary/aromatic N) is 5. The maximum Gasteiger partial charge on any atom is 0.259 e. The summed E-state index contributed by atoms with van der Waals surface area (Å²) >= 11 is 0. The zero-order chi connectivity index (χ0) is 20.3. The maximum atomic E-state index is 13.0. The van der Waals surface area contributed by atoms with E-state index in [0.29, 0.717) is 37.7 Å². The molecule has 4 heterocycles. The van der Waals surface area contributed by atoms with Crippen LogP contribution in [0.25, 0.3) is 0 Å². The molecule has 2 aliphatic rings. The van der Waals surface area contributed by atoms with Crippen molar-refractivity contribution in [3.8, 4) is 5.88 Å². The number of carbonyl (C=O) groups is 1. The van der Waals surface area contributed by atoms with Crippen molar-refractivity contribution in [3.05, 3.63) is 42.5 Å². The first-order chi connectivity index (χ1) is 14.1. The molecule has 2 aromatic rings. The Bertz CT molecular complexity index is 839. The molecule has 1 spiro atoms. The minimum Gasteiger partial charge on any atom is -0.477 e. The normalized spacial score (nSPS) is 21.2. The van der Waals surface area contributed by atoms with Gasteiger partial charge in [0.1, 0.15) is 11.4 Å². The number of amides is 1. The molecular formula is C21H27N5O3. The molecule has 8 heteroatoms. The van der Waals surface area contributed by atoms with Crippen LogP contribution in [0.15, 0.2) is 36.9 Å². The Morgan fingerprint density at radius 3 is 2.83 bits per heavy atom. The molecule has 1 unspecified atom stereocenters. The van der Waals surface area contributed by atoms with Crippen molar-refractivity contribution in [2.75, 3.05) is 37.7 Å². The molecule has 8 nitrogen and oxygen atoms in total. The van der Waals surface area contributed by atoms with Gasteiger partial charge in [-0.2, -0.15) is 0 Å². The average molecular weight is 397 g/mol. The standard InChI is InChI=1S/C21H27N5O3/c1-2-29-19-17(4-3-7-24-19)20(28)25-10-5-21(6-11-25)12-16(27)14-26(15-21)18-13-22-8-9-23-18/h3-4,7-9,13,16,27H,2,5-6,10-12,14-15H2,1H3. The number of aromatic nitrogens is 3. The van der Waals surface area contributed by atoms with Gasteiger partial charge in [0.15, 0.2) is 0 Å². The Morgan fingerprint density at radius 1 is 1.28 bits per heavy atom. The number of hydrogen-bond acceptors (Lipinski definition) is 7. The number of aliphatic hydroxyl groups excluding tert-OH is 1. The molecule has 0 bridgehead atoms. The van der Waals surface area contributed by atoms with Crippen LogP contribution >= 0.6 is 0 Å². The summed E-state index contributed by atoms with van der Waals surface area (Å²) < 4.78 is 5.52. The van der Waals surface area contributed by atoms with E-state index in [-0.39, 0.29) is 11.3 Å². The molecule has 0 saturated carbocycles. The quantitative estimate of drug-likeness (QED) is 0.840. The maximum absolute atomic E-state index is 13.0. The second-order valence-electron chi connectivity index (χ2n) is 7.88. The summed E-state index contributed by atoms with van der Waals surface area (Å²) in [6.07, 6.45) is 8.74. The first kappa shape index (κ1) is 19.6. The summed E-state index contributed by atoms with van der Waals surface area (Å²) in [6, 6.07) is 3.53. The molecule has 1 atom stereocenters. The van der Waals surface area contributed by atoms with Crippen molar-refractivity contribution in [1.29, 1.82) is 0 Å². The second-order valence-corrected chi connectivity index (χ2v) is 7.88. The van der Waals surface area contributed by atoms with Gasteiger partial charge in [-0.1, -0.05) is 0 Å². The van der Waals surface area contributed by atoms with E-state index in [4.69, 9.17) is 4.74 Å². The predicted octanol–water partition coefficient (Wildman–Crippen LogP) is 1.76. The lowest BCUT2D eigenvalue weighted by Gasteiger charge is -2.49. The van der Waals surface area contributed by atoms with Crippen molar-refractivity contribution in [1.82, 2.24) is 19.9 Å². The van der Waals surface area contributed by atoms with Crippen LogP contribution in [-0.4, -0.2) is 69.8 Å². The molecule has 0 aliphatic carbocycles. The number of anilines is 1. The number of β-amino-alcohol motifs (C(OH)–C–C–N with tert-alkyl or cyclic N) is 1. The highest BCUT2D eigenvalue weighted by Crippen LogP contribution is 2.41. The Balaban J connectivity index is 1.45. The van der Waals surface area contributed by atoms with Crippen LogP contribution in [0, 0.1) is 5.41 Å². The van der Waals surface area contributed by atoms with Crippen molar-refractivity contribution in [2.24, 2.45) is 5.41 Å². The SMILES string of the molecule is CCOc1ncccc1C(=O)N1CCC2(CC1)CC(O)CN(c1cnccn1)C2. The van der Waals surface area contributed by atoms with Gasteiger partial charge in [0.25, 0.3) is 5.91 Å². The van der Waals surface area contributed by atoms with Crippen LogP contribution in [-0.2, 0) is 0 Å². The fourth-order valence-corrected chi connectivity index (χ4v) is 4.50. The minimum atomic E-state index is -0.407. The van der Waals surface area contributed by atoms with Gasteiger partial charge >= 0.3 is 0 Å². The molecule has 1 N–H and O–H groups in total. The van der Waals surface area contributed by atoms with Crippen LogP contribution in [0.5, 0.6) is 5.88 Å². The number of carbonyl (C=O) groups excluding carboxylic acids is 1. The van der Waals surface area contributed by atoms with Crippen molar-refractivity contribution in [2.45, 2.75) is 32.3 Å². The van der Waals surface area contributed by atoms with E-state index in [1.54, 1.807) is 36.9 Å². The van der Waals surface area contributed by atoms with Crippen LogP contribution in [0.4, 0.5) is 5.82 Å². The van der Waals surface area contributed by atoms with Crippen molar-refractivity contribution >= 4 is 11.7 Å². The van der Waals surface area contributed by atoms with Gasteiger partial charge in [0, 0.05) is 44.8 Å². The van der Waals surface area contributed by atoms with Gasteiger partial charge in [0.05, 0.1) is 18.9 Å². The number of ether oxygens (including phenoxy) is 1. The van der Waals surface area contributed by atoms with Crippen molar-refractivity contribution in [3.63, 3.8) is 0 Å². The summed E-state index contributed by atoms with van der Waals surface area (Å²) in [5, 5.41) is 10.5. The summed E-state index contributed by atoms with van der Waals surface area (Å²) in [5.74, 6) is 1.14. The average Bonchev–Trinajstić information content (AvgIpc) is 2.75. The summed E-state index contributed by atoms with van der Waals surface area (Å²) in [7, 11) is 0. The van der Waals surface area contributed by atoms with Gasteiger partial charge in [-0.3, -0.25) is 9.78 Å². The molecule has 1 amide bonds. The molecule has 2 aliphatic heterocycles. The molecule has 29 heavy (non-hydrogen) atoms. The first-order valence-corrected chi connectivity index (χ1v) is 10.2. The molecule has 0 radical (unpaired) electrons. The number of piperidine rings is 2. The van der Waals surface area contributed by atoms with Gasteiger partial charge in [0.2, 0.25) is 5.88 Å². The molecular weight excluding hydrogens is 370 g/mol. The number of aliphatic hydroxyl groups is 1. The molecule has 0 aromatic carbocycles. The van der Waals surface area contributed by atoms with Crippen LogP contribution in [0.1, 0.15) is 36.5 Å². The Labute approximate surface area is 170 Å². The number of pyridine rings is 1. The summed E-state index contributed by atoms with van der Waals surface area (Å²) in [6.45, 7) is 5.04. The molecule has 2 fully saturated rings. The number of hydrogen-bond donors (Lipinski definition) is 1. The molecule has 4 rings (SSSR count). The largest absolute Gasteiger partial charge is 0.477 e. The monoisotopic (exact) mass is 397 g/mol. The van der Waals surface area contributed by atoms with E-state index in [0.717, 1.165) is 31.6 Å². The number of rotatable bonds is 4. The molecule has 2 aromatic heterocycles. The van der Waals surface area contributed by atoms with E-state index in [1.807, 2.05) is 11.8 Å². The van der Waals surface area contributed by atoms with Gasteiger partial charge < -0.3 is 19.6 Å². The Morgan fingerprint density at radius 2 is 2.10 bits per heavy atom. The minimum absolute atomic E-state index is 0.0242. The predicted molar refractivity (Wildman–Crippen MR) is 108 cm³/mol. The lowest BCUT2D eigenvalue weighted by atomic mass is 9.71.